The Morgan fingerprint density at radius 2 is 1.84 bits per heavy atom. The fraction of sp³-hybridized carbons (Fsp3) is 0.409. The van der Waals surface area contributed by atoms with Crippen molar-refractivity contribution in [2.24, 2.45) is 0 Å². The molecule has 2 aromatic carbocycles. The molecule has 10 heteroatoms. The second-order valence-corrected chi connectivity index (χ2v) is 10.2. The van der Waals surface area contributed by atoms with E-state index >= 15 is 4.39 Å². The van der Waals surface area contributed by atoms with Crippen LogP contribution in [0.1, 0.15) is 28.8 Å². The number of rotatable bonds is 7. The Hall–Kier alpha value is -2.69. The maximum atomic E-state index is 15.0. The van der Waals surface area contributed by atoms with Gasteiger partial charge in [0.25, 0.3) is 5.91 Å². The molecule has 1 saturated heterocycles. The molecule has 1 amide bonds. The SMILES string of the molecule is COc1cccc(O)c1C(=O)NC(C1(c2ccccc2F)CCNCC1)S(=O)(=O)N(C)C. The number of hydrogen-bond donors (Lipinski definition) is 3. The Balaban J connectivity index is 2.18. The number of carbonyl (C=O) groups excluding carboxylic acids is 1. The highest BCUT2D eigenvalue weighted by Gasteiger charge is 2.51. The van der Waals surface area contributed by atoms with Gasteiger partial charge in [-0.05, 0) is 49.7 Å². The van der Waals surface area contributed by atoms with Gasteiger partial charge in [0, 0.05) is 19.5 Å². The van der Waals surface area contributed by atoms with E-state index in [2.05, 4.69) is 10.6 Å². The number of benzene rings is 2. The monoisotopic (exact) mass is 465 g/mol. The zero-order valence-electron chi connectivity index (χ0n) is 18.3. The van der Waals surface area contributed by atoms with E-state index in [-0.39, 0.29) is 35.5 Å². The Labute approximate surface area is 187 Å². The molecule has 8 nitrogen and oxygen atoms in total. The first kappa shape index (κ1) is 24.0. The third kappa shape index (κ3) is 4.30. The number of nitrogens with one attached hydrogen (secondary N) is 2. The number of ether oxygens (including phenoxy) is 1. The van der Waals surface area contributed by atoms with Crippen LogP contribution in [-0.4, -0.2) is 63.4 Å². The zero-order chi connectivity index (χ0) is 23.5. The first-order valence-corrected chi connectivity index (χ1v) is 11.7. The summed E-state index contributed by atoms with van der Waals surface area (Å²) in [7, 11) is -0.0399. The fourth-order valence-corrected chi connectivity index (χ4v) is 5.84. The Kier molecular flexibility index (Phi) is 7.06. The second kappa shape index (κ2) is 9.43. The van der Waals surface area contributed by atoms with Crippen LogP contribution in [0.5, 0.6) is 11.5 Å². The van der Waals surface area contributed by atoms with Crippen molar-refractivity contribution in [3.63, 3.8) is 0 Å². The number of hydrogen-bond acceptors (Lipinski definition) is 6. The molecule has 3 N–H and O–H groups in total. The van der Waals surface area contributed by atoms with Gasteiger partial charge in [-0.15, -0.1) is 0 Å². The normalized spacial score (nSPS) is 17.0. The van der Waals surface area contributed by atoms with Crippen LogP contribution in [0.25, 0.3) is 0 Å². The molecule has 1 fully saturated rings. The summed E-state index contributed by atoms with van der Waals surface area (Å²) in [6, 6.07) is 10.3. The third-order valence-electron chi connectivity index (χ3n) is 5.93. The molecule has 1 unspecified atom stereocenters. The lowest BCUT2D eigenvalue weighted by atomic mass is 9.72. The summed E-state index contributed by atoms with van der Waals surface area (Å²) < 4.78 is 48.2. The van der Waals surface area contributed by atoms with Gasteiger partial charge in [-0.25, -0.2) is 17.1 Å². The first-order valence-electron chi connectivity index (χ1n) is 10.2. The predicted octanol–water partition coefficient (Wildman–Crippen LogP) is 1.81. The molecule has 0 aromatic heterocycles. The van der Waals surface area contributed by atoms with Gasteiger partial charge in [-0.3, -0.25) is 4.79 Å². The van der Waals surface area contributed by atoms with Gasteiger partial charge in [-0.1, -0.05) is 24.3 Å². The molecular formula is C22H28FN3O5S. The molecule has 1 atom stereocenters. The molecule has 32 heavy (non-hydrogen) atoms. The fourth-order valence-electron chi connectivity index (χ4n) is 4.23. The van der Waals surface area contributed by atoms with Gasteiger partial charge < -0.3 is 20.5 Å². The molecule has 3 rings (SSSR count). The van der Waals surface area contributed by atoms with Gasteiger partial charge in [0.05, 0.1) is 7.11 Å². The summed E-state index contributed by atoms with van der Waals surface area (Å²) in [6.07, 6.45) is 0.563. The number of carbonyl (C=O) groups is 1. The van der Waals surface area contributed by atoms with Crippen molar-refractivity contribution in [3.05, 3.63) is 59.4 Å². The maximum Gasteiger partial charge on any atom is 0.259 e. The Morgan fingerprint density at radius 3 is 2.44 bits per heavy atom. The quantitative estimate of drug-likeness (QED) is 0.576. The lowest BCUT2D eigenvalue weighted by Crippen LogP contribution is -2.60. The summed E-state index contributed by atoms with van der Waals surface area (Å²) in [6.45, 7) is 0.896. The lowest BCUT2D eigenvalue weighted by Gasteiger charge is -2.44. The highest BCUT2D eigenvalue weighted by atomic mass is 32.2. The van der Waals surface area contributed by atoms with Crippen LogP contribution in [0, 0.1) is 5.82 Å². The summed E-state index contributed by atoms with van der Waals surface area (Å²) in [5.74, 6) is -1.63. The number of phenolic OH excluding ortho intramolecular Hbond substituents is 1. The van der Waals surface area contributed by atoms with Crippen LogP contribution >= 0.6 is 0 Å². The molecule has 1 heterocycles. The van der Waals surface area contributed by atoms with Crippen LogP contribution in [0.15, 0.2) is 42.5 Å². The predicted molar refractivity (Wildman–Crippen MR) is 119 cm³/mol. The molecule has 1 aliphatic heterocycles. The Bertz CT molecular complexity index is 1080. The molecular weight excluding hydrogens is 437 g/mol. The largest absolute Gasteiger partial charge is 0.507 e. The van der Waals surface area contributed by atoms with E-state index in [1.54, 1.807) is 12.1 Å². The van der Waals surface area contributed by atoms with E-state index in [0.29, 0.717) is 13.1 Å². The van der Waals surface area contributed by atoms with E-state index in [4.69, 9.17) is 4.74 Å². The zero-order valence-corrected chi connectivity index (χ0v) is 19.1. The minimum absolute atomic E-state index is 0.0914. The number of halogens is 1. The maximum absolute atomic E-state index is 15.0. The molecule has 0 spiro atoms. The second-order valence-electron chi connectivity index (χ2n) is 7.92. The van der Waals surface area contributed by atoms with Crippen molar-refractivity contribution in [1.82, 2.24) is 14.9 Å². The molecule has 0 saturated carbocycles. The van der Waals surface area contributed by atoms with Gasteiger partial charge in [0.1, 0.15) is 22.9 Å². The lowest BCUT2D eigenvalue weighted by molar-refractivity contribution is 0.0917. The van der Waals surface area contributed by atoms with Gasteiger partial charge in [-0.2, -0.15) is 0 Å². The minimum atomic E-state index is -4.11. The minimum Gasteiger partial charge on any atom is -0.507 e. The molecule has 1 aliphatic rings. The summed E-state index contributed by atoms with van der Waals surface area (Å²) in [5.41, 5.74) is -1.19. The van der Waals surface area contributed by atoms with Crippen LogP contribution in [0.2, 0.25) is 0 Å². The van der Waals surface area contributed by atoms with Gasteiger partial charge >= 0.3 is 0 Å². The number of sulfonamides is 1. The average Bonchev–Trinajstić information content (AvgIpc) is 2.77. The number of amides is 1. The van der Waals surface area contributed by atoms with Crippen molar-refractivity contribution in [2.75, 3.05) is 34.3 Å². The molecule has 2 aromatic rings. The first-order chi connectivity index (χ1) is 15.1. The molecule has 0 radical (unpaired) electrons. The summed E-state index contributed by atoms with van der Waals surface area (Å²) in [5, 5.41) is 14.6. The highest BCUT2D eigenvalue weighted by molar-refractivity contribution is 7.89. The van der Waals surface area contributed by atoms with Crippen molar-refractivity contribution >= 4 is 15.9 Å². The van der Waals surface area contributed by atoms with E-state index in [1.165, 1.54) is 51.5 Å². The van der Waals surface area contributed by atoms with Crippen LogP contribution < -0.4 is 15.4 Å². The standard InChI is InChI=1S/C22H28FN3O5S/c1-26(2)32(29,30)21(25-20(28)19-17(27)9-6-10-18(19)31-3)22(11-13-24-14-12-22)15-7-4-5-8-16(15)23/h4-10,21,24,27H,11-14H2,1-3H3,(H,25,28). The van der Waals surface area contributed by atoms with E-state index < -0.39 is 32.5 Å². The summed E-state index contributed by atoms with van der Waals surface area (Å²) in [4.78, 5) is 13.3. The number of phenols is 1. The number of methoxy groups -OCH3 is 1. The summed E-state index contributed by atoms with van der Waals surface area (Å²) >= 11 is 0. The van der Waals surface area contributed by atoms with E-state index in [1.807, 2.05) is 0 Å². The topological polar surface area (TPSA) is 108 Å². The van der Waals surface area contributed by atoms with Crippen molar-refractivity contribution < 1.29 is 27.4 Å². The van der Waals surface area contributed by atoms with Gasteiger partial charge in [0.15, 0.2) is 5.37 Å². The van der Waals surface area contributed by atoms with Crippen molar-refractivity contribution in [3.8, 4) is 11.5 Å². The molecule has 0 bridgehead atoms. The third-order valence-corrected chi connectivity index (χ3v) is 8.11. The molecule has 174 valence electrons. The number of nitrogens with zero attached hydrogens (tertiary/aromatic N) is 1. The van der Waals surface area contributed by atoms with E-state index in [0.717, 1.165) is 4.31 Å². The van der Waals surface area contributed by atoms with Crippen LogP contribution in [0.4, 0.5) is 4.39 Å². The van der Waals surface area contributed by atoms with Crippen LogP contribution in [-0.2, 0) is 15.4 Å². The Morgan fingerprint density at radius 1 is 1.19 bits per heavy atom. The molecule has 0 aliphatic carbocycles. The van der Waals surface area contributed by atoms with E-state index in [9.17, 15) is 18.3 Å². The highest BCUT2D eigenvalue weighted by Crippen LogP contribution is 2.41. The average molecular weight is 466 g/mol. The number of piperidine rings is 1. The van der Waals surface area contributed by atoms with Gasteiger partial charge in [0.2, 0.25) is 10.0 Å². The smallest absolute Gasteiger partial charge is 0.259 e. The van der Waals surface area contributed by atoms with Crippen molar-refractivity contribution in [1.29, 1.82) is 0 Å². The van der Waals surface area contributed by atoms with Crippen molar-refractivity contribution in [2.45, 2.75) is 23.6 Å². The number of aromatic hydroxyl groups is 1. The van der Waals surface area contributed by atoms with Crippen LogP contribution in [0.3, 0.4) is 0 Å².